The summed E-state index contributed by atoms with van der Waals surface area (Å²) >= 11 is 0. The highest BCUT2D eigenvalue weighted by atomic mass is 19.1. The molecule has 0 unspecified atom stereocenters. The number of hydrogen-bond donors (Lipinski definition) is 2. The lowest BCUT2D eigenvalue weighted by atomic mass is 9.63. The highest BCUT2D eigenvalue weighted by Gasteiger charge is 2.38. The number of rotatable bonds is 2. The van der Waals surface area contributed by atoms with Gasteiger partial charge in [-0.15, -0.1) is 0 Å². The van der Waals surface area contributed by atoms with Crippen LogP contribution in [0.5, 0.6) is 0 Å². The zero-order chi connectivity index (χ0) is 15.8. The van der Waals surface area contributed by atoms with Crippen molar-refractivity contribution in [2.24, 2.45) is 10.8 Å². The third-order valence-corrected chi connectivity index (χ3v) is 4.15. The number of amides is 1. The van der Waals surface area contributed by atoms with E-state index in [0.717, 1.165) is 19.3 Å². The summed E-state index contributed by atoms with van der Waals surface area (Å²) < 4.78 is 13.5. The molecular formula is C17H25FN2O. The van der Waals surface area contributed by atoms with Crippen molar-refractivity contribution in [3.05, 3.63) is 29.6 Å². The van der Waals surface area contributed by atoms with E-state index in [9.17, 15) is 9.18 Å². The zero-order valence-corrected chi connectivity index (χ0v) is 13.3. The second kappa shape index (κ2) is 5.32. The number of anilines is 1. The molecule has 0 spiro atoms. The van der Waals surface area contributed by atoms with Gasteiger partial charge in [-0.3, -0.25) is 4.79 Å². The molecule has 2 rings (SSSR count). The summed E-state index contributed by atoms with van der Waals surface area (Å²) in [4.78, 5) is 12.3. The van der Waals surface area contributed by atoms with E-state index in [1.807, 2.05) is 0 Å². The average Bonchev–Trinajstić information content (AvgIpc) is 2.28. The maximum absolute atomic E-state index is 13.5. The number of carbonyl (C=O) groups is 1. The summed E-state index contributed by atoms with van der Waals surface area (Å²) in [6, 6.07) is 4.31. The van der Waals surface area contributed by atoms with Crippen LogP contribution in [-0.2, 0) is 0 Å². The molecule has 4 heteroatoms. The van der Waals surface area contributed by atoms with Gasteiger partial charge in [0.05, 0.1) is 5.69 Å². The van der Waals surface area contributed by atoms with Gasteiger partial charge in [-0.05, 0) is 48.3 Å². The van der Waals surface area contributed by atoms with Crippen LogP contribution >= 0.6 is 0 Å². The van der Waals surface area contributed by atoms with Crippen molar-refractivity contribution in [3.8, 4) is 0 Å². The summed E-state index contributed by atoms with van der Waals surface area (Å²) in [6.07, 6.45) is 3.03. The first-order valence-electron chi connectivity index (χ1n) is 7.44. The maximum atomic E-state index is 13.5. The molecule has 0 aromatic heterocycles. The van der Waals surface area contributed by atoms with Crippen LogP contribution in [0.15, 0.2) is 18.2 Å². The van der Waals surface area contributed by atoms with Gasteiger partial charge < -0.3 is 11.1 Å². The van der Waals surface area contributed by atoms with Crippen molar-refractivity contribution < 1.29 is 9.18 Å². The van der Waals surface area contributed by atoms with Crippen molar-refractivity contribution in [1.29, 1.82) is 0 Å². The SMILES string of the molecule is CC1(C)CC(NC(=O)c2ccc(N)c(F)c2)CC(C)(C)C1. The number of benzene rings is 1. The monoisotopic (exact) mass is 292 g/mol. The Morgan fingerprint density at radius 2 is 1.81 bits per heavy atom. The Kier molecular flexibility index (Phi) is 4.00. The average molecular weight is 292 g/mol. The molecule has 0 atom stereocenters. The van der Waals surface area contributed by atoms with Crippen LogP contribution in [0, 0.1) is 16.6 Å². The molecule has 1 aliphatic carbocycles. The Morgan fingerprint density at radius 3 is 2.33 bits per heavy atom. The number of hydrogen-bond acceptors (Lipinski definition) is 2. The topological polar surface area (TPSA) is 55.1 Å². The van der Waals surface area contributed by atoms with E-state index in [2.05, 4.69) is 33.0 Å². The first kappa shape index (κ1) is 15.8. The van der Waals surface area contributed by atoms with Crippen LogP contribution in [0.2, 0.25) is 0 Å². The number of nitrogens with one attached hydrogen (secondary N) is 1. The molecule has 0 heterocycles. The van der Waals surface area contributed by atoms with Gasteiger partial charge in [0.1, 0.15) is 5.82 Å². The third-order valence-electron chi connectivity index (χ3n) is 4.15. The van der Waals surface area contributed by atoms with Gasteiger partial charge in [0, 0.05) is 11.6 Å². The van der Waals surface area contributed by atoms with E-state index in [-0.39, 0.29) is 28.5 Å². The minimum absolute atomic E-state index is 0.0616. The molecule has 21 heavy (non-hydrogen) atoms. The lowest BCUT2D eigenvalue weighted by Gasteiger charge is -2.45. The van der Waals surface area contributed by atoms with Crippen LogP contribution in [0.3, 0.4) is 0 Å². The van der Waals surface area contributed by atoms with Gasteiger partial charge in [-0.1, -0.05) is 27.7 Å². The number of nitrogens with two attached hydrogens (primary N) is 1. The first-order valence-corrected chi connectivity index (χ1v) is 7.44. The van der Waals surface area contributed by atoms with Crippen LogP contribution in [-0.4, -0.2) is 11.9 Å². The zero-order valence-electron chi connectivity index (χ0n) is 13.3. The van der Waals surface area contributed by atoms with Crippen molar-refractivity contribution in [2.45, 2.75) is 53.0 Å². The van der Waals surface area contributed by atoms with Crippen molar-refractivity contribution >= 4 is 11.6 Å². The number of halogens is 1. The van der Waals surface area contributed by atoms with Crippen molar-refractivity contribution in [2.75, 3.05) is 5.73 Å². The van der Waals surface area contributed by atoms with Crippen LogP contribution in [0.4, 0.5) is 10.1 Å². The molecule has 0 bridgehead atoms. The normalized spacial score (nSPS) is 21.0. The fourth-order valence-electron chi connectivity index (χ4n) is 3.89. The summed E-state index contributed by atoms with van der Waals surface area (Å²) in [5.74, 6) is -0.778. The van der Waals surface area contributed by atoms with E-state index < -0.39 is 5.82 Å². The Labute approximate surface area is 126 Å². The quantitative estimate of drug-likeness (QED) is 0.816. The summed E-state index contributed by atoms with van der Waals surface area (Å²) in [6.45, 7) is 8.93. The molecule has 1 amide bonds. The summed E-state index contributed by atoms with van der Waals surface area (Å²) in [7, 11) is 0. The van der Waals surface area contributed by atoms with Gasteiger partial charge >= 0.3 is 0 Å². The number of carbonyl (C=O) groups excluding carboxylic acids is 1. The summed E-state index contributed by atoms with van der Waals surface area (Å²) in [5, 5.41) is 3.05. The lowest BCUT2D eigenvalue weighted by Crippen LogP contribution is -2.46. The van der Waals surface area contributed by atoms with E-state index in [1.165, 1.54) is 12.1 Å². The number of nitrogen functional groups attached to an aromatic ring is 1. The molecule has 0 radical (unpaired) electrons. The molecular weight excluding hydrogens is 267 g/mol. The van der Waals surface area contributed by atoms with Crippen LogP contribution in [0.25, 0.3) is 0 Å². The van der Waals surface area contributed by atoms with Crippen LogP contribution in [0.1, 0.15) is 57.3 Å². The summed E-state index contributed by atoms with van der Waals surface area (Å²) in [5.41, 5.74) is 6.22. The Morgan fingerprint density at radius 1 is 1.24 bits per heavy atom. The molecule has 116 valence electrons. The van der Waals surface area contributed by atoms with Gasteiger partial charge in [0.2, 0.25) is 0 Å². The molecule has 0 aliphatic heterocycles. The molecule has 3 N–H and O–H groups in total. The van der Waals surface area contributed by atoms with Gasteiger partial charge in [0.15, 0.2) is 0 Å². The molecule has 1 aromatic carbocycles. The lowest BCUT2D eigenvalue weighted by molar-refractivity contribution is 0.0713. The Hall–Kier alpha value is -1.58. The van der Waals surface area contributed by atoms with E-state index in [1.54, 1.807) is 6.07 Å². The van der Waals surface area contributed by atoms with Gasteiger partial charge in [-0.25, -0.2) is 4.39 Å². The molecule has 1 aliphatic rings. The molecule has 0 saturated heterocycles. The highest BCUT2D eigenvalue weighted by Crippen LogP contribution is 2.45. The predicted molar refractivity (Wildman–Crippen MR) is 83.5 cm³/mol. The van der Waals surface area contributed by atoms with Crippen LogP contribution < -0.4 is 11.1 Å². The first-order chi connectivity index (χ1) is 9.58. The van der Waals surface area contributed by atoms with Crippen molar-refractivity contribution in [1.82, 2.24) is 5.32 Å². The van der Waals surface area contributed by atoms with E-state index >= 15 is 0 Å². The fraction of sp³-hybridized carbons (Fsp3) is 0.588. The maximum Gasteiger partial charge on any atom is 0.251 e. The molecule has 1 fully saturated rings. The minimum atomic E-state index is -0.549. The van der Waals surface area contributed by atoms with Gasteiger partial charge in [-0.2, -0.15) is 0 Å². The second-order valence-corrected chi connectivity index (χ2v) is 7.82. The van der Waals surface area contributed by atoms with Crippen molar-refractivity contribution in [3.63, 3.8) is 0 Å². The highest BCUT2D eigenvalue weighted by molar-refractivity contribution is 5.94. The molecule has 1 aromatic rings. The van der Waals surface area contributed by atoms with E-state index in [0.29, 0.717) is 5.56 Å². The van der Waals surface area contributed by atoms with Gasteiger partial charge in [0.25, 0.3) is 5.91 Å². The third kappa shape index (κ3) is 3.96. The standard InChI is InChI=1S/C17H25FN2O/c1-16(2)8-12(9-17(3,4)10-16)20-15(21)11-5-6-14(19)13(18)7-11/h5-7,12H,8-10,19H2,1-4H3,(H,20,21). The minimum Gasteiger partial charge on any atom is -0.396 e. The Bertz CT molecular complexity index is 536. The molecule has 3 nitrogen and oxygen atoms in total. The Balaban J connectivity index is 2.10. The molecule has 1 saturated carbocycles. The predicted octanol–water partition coefficient (Wildman–Crippen LogP) is 3.74. The van der Waals surface area contributed by atoms with E-state index in [4.69, 9.17) is 5.73 Å². The largest absolute Gasteiger partial charge is 0.396 e. The second-order valence-electron chi connectivity index (χ2n) is 7.82. The smallest absolute Gasteiger partial charge is 0.251 e. The fourth-order valence-corrected chi connectivity index (χ4v) is 3.89.